The van der Waals surface area contributed by atoms with Gasteiger partial charge in [0.25, 0.3) is 0 Å². The lowest BCUT2D eigenvalue weighted by Gasteiger charge is -2.11. The third-order valence-electron chi connectivity index (χ3n) is 2.65. The Hall–Kier alpha value is -1.26. The SMILES string of the molecule is CC1COC(c2ccc3c(c2)OCO3)N1. The van der Waals surface area contributed by atoms with Crippen LogP contribution in [0.1, 0.15) is 18.7 Å². The summed E-state index contributed by atoms with van der Waals surface area (Å²) >= 11 is 0. The van der Waals surface area contributed by atoms with E-state index in [-0.39, 0.29) is 6.23 Å². The predicted octanol–water partition coefficient (Wildman–Crippen LogP) is 1.42. The maximum Gasteiger partial charge on any atom is 0.231 e. The van der Waals surface area contributed by atoms with E-state index in [1.54, 1.807) is 0 Å². The zero-order valence-electron chi connectivity index (χ0n) is 8.53. The van der Waals surface area contributed by atoms with E-state index in [9.17, 15) is 0 Å². The molecule has 1 saturated heterocycles. The summed E-state index contributed by atoms with van der Waals surface area (Å²) in [6.45, 7) is 3.17. The number of hydrogen-bond donors (Lipinski definition) is 1. The van der Waals surface area contributed by atoms with Crippen LogP contribution < -0.4 is 14.8 Å². The summed E-state index contributed by atoms with van der Waals surface area (Å²) in [5.41, 5.74) is 1.09. The highest BCUT2D eigenvalue weighted by atomic mass is 16.7. The Bertz CT molecular complexity index is 380. The molecule has 2 heterocycles. The minimum atomic E-state index is -0.0190. The van der Waals surface area contributed by atoms with Gasteiger partial charge in [0, 0.05) is 6.04 Å². The van der Waals surface area contributed by atoms with Gasteiger partial charge < -0.3 is 14.2 Å². The lowest BCUT2D eigenvalue weighted by atomic mass is 10.2. The van der Waals surface area contributed by atoms with Crippen LogP contribution >= 0.6 is 0 Å². The van der Waals surface area contributed by atoms with Gasteiger partial charge in [-0.1, -0.05) is 6.07 Å². The molecule has 80 valence electrons. The Balaban J connectivity index is 1.87. The smallest absolute Gasteiger partial charge is 0.231 e. The summed E-state index contributed by atoms with van der Waals surface area (Å²) in [6, 6.07) is 6.30. The van der Waals surface area contributed by atoms with Crippen molar-refractivity contribution in [2.45, 2.75) is 19.2 Å². The van der Waals surface area contributed by atoms with E-state index in [0.717, 1.165) is 23.7 Å². The average Bonchev–Trinajstić information content (AvgIpc) is 2.84. The number of fused-ring (bicyclic) bond motifs is 1. The monoisotopic (exact) mass is 207 g/mol. The molecule has 4 nitrogen and oxygen atoms in total. The van der Waals surface area contributed by atoms with Gasteiger partial charge in [-0.2, -0.15) is 0 Å². The van der Waals surface area contributed by atoms with Gasteiger partial charge in [0.05, 0.1) is 6.61 Å². The van der Waals surface area contributed by atoms with Crippen molar-refractivity contribution >= 4 is 0 Å². The summed E-state index contributed by atoms with van der Waals surface area (Å²) in [7, 11) is 0. The normalized spacial score (nSPS) is 28.3. The van der Waals surface area contributed by atoms with Crippen LogP contribution in [-0.2, 0) is 4.74 Å². The minimum Gasteiger partial charge on any atom is -0.454 e. The molecule has 0 amide bonds. The Kier molecular flexibility index (Phi) is 2.04. The van der Waals surface area contributed by atoms with E-state index in [1.807, 2.05) is 18.2 Å². The Morgan fingerprint density at radius 1 is 1.27 bits per heavy atom. The van der Waals surface area contributed by atoms with E-state index in [1.165, 1.54) is 0 Å². The largest absolute Gasteiger partial charge is 0.454 e. The topological polar surface area (TPSA) is 39.7 Å². The molecule has 0 spiro atoms. The molecule has 2 aliphatic heterocycles. The molecule has 15 heavy (non-hydrogen) atoms. The fourth-order valence-corrected chi connectivity index (χ4v) is 1.86. The molecule has 4 heteroatoms. The first kappa shape index (κ1) is 9.00. The Morgan fingerprint density at radius 2 is 2.13 bits per heavy atom. The highest BCUT2D eigenvalue weighted by Gasteiger charge is 2.24. The van der Waals surface area contributed by atoms with Crippen LogP contribution in [-0.4, -0.2) is 19.4 Å². The predicted molar refractivity (Wildman–Crippen MR) is 53.9 cm³/mol. The van der Waals surface area contributed by atoms with E-state index in [2.05, 4.69) is 12.2 Å². The third-order valence-corrected chi connectivity index (χ3v) is 2.65. The highest BCUT2D eigenvalue weighted by molar-refractivity contribution is 5.45. The zero-order valence-corrected chi connectivity index (χ0v) is 8.53. The maximum atomic E-state index is 5.60. The van der Waals surface area contributed by atoms with Crippen LogP contribution in [0.3, 0.4) is 0 Å². The van der Waals surface area contributed by atoms with Crippen molar-refractivity contribution in [2.24, 2.45) is 0 Å². The Morgan fingerprint density at radius 3 is 2.93 bits per heavy atom. The quantitative estimate of drug-likeness (QED) is 0.756. The summed E-state index contributed by atoms with van der Waals surface area (Å²) < 4.78 is 16.2. The average molecular weight is 207 g/mol. The van der Waals surface area contributed by atoms with Gasteiger partial charge in [-0.25, -0.2) is 0 Å². The van der Waals surface area contributed by atoms with Crippen molar-refractivity contribution < 1.29 is 14.2 Å². The second-order valence-corrected chi connectivity index (χ2v) is 3.89. The van der Waals surface area contributed by atoms with Gasteiger partial charge in [-0.15, -0.1) is 0 Å². The second-order valence-electron chi connectivity index (χ2n) is 3.89. The fourth-order valence-electron chi connectivity index (χ4n) is 1.86. The molecule has 3 rings (SSSR count). The van der Waals surface area contributed by atoms with Crippen LogP contribution in [0, 0.1) is 0 Å². The number of benzene rings is 1. The van der Waals surface area contributed by atoms with Crippen LogP contribution in [0.15, 0.2) is 18.2 Å². The van der Waals surface area contributed by atoms with E-state index >= 15 is 0 Å². The van der Waals surface area contributed by atoms with Crippen molar-refractivity contribution in [2.75, 3.05) is 13.4 Å². The number of ether oxygens (including phenoxy) is 3. The summed E-state index contributed by atoms with van der Waals surface area (Å²) in [4.78, 5) is 0. The summed E-state index contributed by atoms with van der Waals surface area (Å²) in [6.07, 6.45) is -0.0190. The van der Waals surface area contributed by atoms with Crippen molar-refractivity contribution in [3.63, 3.8) is 0 Å². The molecule has 0 aliphatic carbocycles. The van der Waals surface area contributed by atoms with Crippen LogP contribution in [0.25, 0.3) is 0 Å². The maximum absolute atomic E-state index is 5.60. The summed E-state index contributed by atoms with van der Waals surface area (Å²) in [5.74, 6) is 1.61. The highest BCUT2D eigenvalue weighted by Crippen LogP contribution is 2.35. The molecule has 1 aromatic rings. The molecule has 2 atom stereocenters. The molecule has 1 fully saturated rings. The standard InChI is InChI=1S/C11H13NO3/c1-7-5-13-11(12-7)8-2-3-9-10(4-8)15-6-14-9/h2-4,7,11-12H,5-6H2,1H3. The number of hydrogen-bond acceptors (Lipinski definition) is 4. The van der Waals surface area contributed by atoms with Crippen LogP contribution in [0.4, 0.5) is 0 Å². The second kappa shape index (κ2) is 3.40. The molecular weight excluding hydrogens is 194 g/mol. The third kappa shape index (κ3) is 1.56. The van der Waals surface area contributed by atoms with Gasteiger partial charge in [0.2, 0.25) is 6.79 Å². The lowest BCUT2D eigenvalue weighted by molar-refractivity contribution is 0.101. The van der Waals surface area contributed by atoms with Crippen molar-refractivity contribution in [1.29, 1.82) is 0 Å². The molecule has 0 aromatic heterocycles. The lowest BCUT2D eigenvalue weighted by Crippen LogP contribution is -2.22. The molecular formula is C11H13NO3. The fraction of sp³-hybridized carbons (Fsp3) is 0.455. The van der Waals surface area contributed by atoms with Crippen molar-refractivity contribution in [3.8, 4) is 11.5 Å². The van der Waals surface area contributed by atoms with Gasteiger partial charge in [0.15, 0.2) is 11.5 Å². The van der Waals surface area contributed by atoms with E-state index in [4.69, 9.17) is 14.2 Å². The van der Waals surface area contributed by atoms with Crippen molar-refractivity contribution in [3.05, 3.63) is 23.8 Å². The molecule has 1 N–H and O–H groups in total. The molecule has 2 aliphatic rings. The first-order valence-corrected chi connectivity index (χ1v) is 5.10. The number of rotatable bonds is 1. The number of nitrogens with one attached hydrogen (secondary N) is 1. The van der Waals surface area contributed by atoms with Gasteiger partial charge in [-0.05, 0) is 24.6 Å². The molecule has 0 saturated carbocycles. The van der Waals surface area contributed by atoms with Gasteiger partial charge >= 0.3 is 0 Å². The molecule has 2 unspecified atom stereocenters. The first-order valence-electron chi connectivity index (χ1n) is 5.10. The van der Waals surface area contributed by atoms with E-state index in [0.29, 0.717) is 12.8 Å². The Labute approximate surface area is 88.1 Å². The van der Waals surface area contributed by atoms with E-state index < -0.39 is 0 Å². The van der Waals surface area contributed by atoms with Crippen LogP contribution in [0.5, 0.6) is 11.5 Å². The molecule has 1 aromatic carbocycles. The van der Waals surface area contributed by atoms with Crippen LogP contribution in [0.2, 0.25) is 0 Å². The molecule has 0 bridgehead atoms. The molecule has 0 radical (unpaired) electrons. The zero-order chi connectivity index (χ0) is 10.3. The minimum absolute atomic E-state index is 0.0190. The van der Waals surface area contributed by atoms with Gasteiger partial charge in [-0.3, -0.25) is 5.32 Å². The van der Waals surface area contributed by atoms with Crippen molar-refractivity contribution in [1.82, 2.24) is 5.32 Å². The summed E-state index contributed by atoms with van der Waals surface area (Å²) in [5, 5.41) is 3.34. The first-order chi connectivity index (χ1) is 7.33. The van der Waals surface area contributed by atoms with Gasteiger partial charge in [0.1, 0.15) is 6.23 Å².